The molecule has 0 bridgehead atoms. The minimum atomic E-state index is -3.63. The predicted molar refractivity (Wildman–Crippen MR) is 132 cm³/mol. The lowest BCUT2D eigenvalue weighted by Gasteiger charge is -2.21. The van der Waals surface area contributed by atoms with Gasteiger partial charge in [-0.05, 0) is 49.4 Å². The van der Waals surface area contributed by atoms with Gasteiger partial charge in [-0.2, -0.15) is 0 Å². The number of hydrogen-bond acceptors (Lipinski definition) is 5. The lowest BCUT2D eigenvalue weighted by atomic mass is 10.1. The number of imidazole rings is 1. The average molecular weight is 473 g/mol. The smallest absolute Gasteiger partial charge is 0.240 e. The van der Waals surface area contributed by atoms with Crippen molar-refractivity contribution >= 4 is 21.1 Å². The molecule has 2 heterocycles. The van der Waals surface area contributed by atoms with Gasteiger partial charge in [0.2, 0.25) is 10.0 Å². The van der Waals surface area contributed by atoms with Crippen LogP contribution in [0.1, 0.15) is 57.8 Å². The molecule has 0 saturated heterocycles. The molecule has 0 aliphatic rings. The number of pyridine rings is 1. The summed E-state index contributed by atoms with van der Waals surface area (Å²) in [6, 6.07) is 8.76. The van der Waals surface area contributed by atoms with Gasteiger partial charge >= 0.3 is 0 Å². The maximum absolute atomic E-state index is 13.0. The van der Waals surface area contributed by atoms with E-state index in [0.717, 1.165) is 48.1 Å². The monoisotopic (exact) mass is 472 g/mol. The maximum Gasteiger partial charge on any atom is 0.240 e. The van der Waals surface area contributed by atoms with Crippen molar-refractivity contribution in [1.29, 1.82) is 0 Å². The number of sulfonamides is 1. The van der Waals surface area contributed by atoms with E-state index in [1.54, 1.807) is 24.5 Å². The van der Waals surface area contributed by atoms with Crippen molar-refractivity contribution in [3.05, 3.63) is 54.1 Å². The normalized spacial score (nSPS) is 13.1. The standard InChI is InChI=1S/C25H36N4O3S/c1-5-6-7-14-32-18-22(15-19(2)3)28-33(30,31)23-10-8-21(9-11-23)17-29-20(4)27-24-16-26-13-12-25(24)29/h8-13,16,19,22,28H,5-7,14-15,17-18H2,1-4H3/t22-/m0/s1. The summed E-state index contributed by atoms with van der Waals surface area (Å²) in [6.07, 6.45) is 7.49. The fraction of sp³-hybridized carbons (Fsp3) is 0.520. The largest absolute Gasteiger partial charge is 0.380 e. The van der Waals surface area contributed by atoms with E-state index in [0.29, 0.717) is 25.7 Å². The molecule has 0 unspecified atom stereocenters. The van der Waals surface area contributed by atoms with Gasteiger partial charge in [0.25, 0.3) is 0 Å². The molecule has 0 aliphatic carbocycles. The van der Waals surface area contributed by atoms with E-state index in [-0.39, 0.29) is 10.9 Å². The number of benzene rings is 1. The molecule has 1 aromatic carbocycles. The second-order valence-electron chi connectivity index (χ2n) is 8.98. The fourth-order valence-corrected chi connectivity index (χ4v) is 5.18. The van der Waals surface area contributed by atoms with Gasteiger partial charge in [-0.3, -0.25) is 4.98 Å². The molecule has 0 saturated carbocycles. The maximum atomic E-state index is 13.0. The molecule has 8 heteroatoms. The van der Waals surface area contributed by atoms with E-state index in [4.69, 9.17) is 4.74 Å². The highest BCUT2D eigenvalue weighted by molar-refractivity contribution is 7.89. The van der Waals surface area contributed by atoms with Crippen LogP contribution >= 0.6 is 0 Å². The minimum Gasteiger partial charge on any atom is -0.380 e. The molecule has 3 aromatic rings. The fourth-order valence-electron chi connectivity index (χ4n) is 3.94. The number of fused-ring (bicyclic) bond motifs is 1. The second kappa shape index (κ2) is 11.7. The van der Waals surface area contributed by atoms with Crippen LogP contribution in [0.3, 0.4) is 0 Å². The Bertz CT molecular complexity index is 1120. The first-order valence-electron chi connectivity index (χ1n) is 11.8. The lowest BCUT2D eigenvalue weighted by molar-refractivity contribution is 0.108. The minimum absolute atomic E-state index is 0.245. The Balaban J connectivity index is 1.67. The van der Waals surface area contributed by atoms with Crippen LogP contribution in [0.4, 0.5) is 0 Å². The molecular formula is C25H36N4O3S. The number of rotatable bonds is 13. The zero-order valence-corrected chi connectivity index (χ0v) is 20.9. The molecule has 3 rings (SSSR count). The summed E-state index contributed by atoms with van der Waals surface area (Å²) in [6.45, 7) is 9.95. The molecular weight excluding hydrogens is 436 g/mol. The van der Waals surface area contributed by atoms with Crippen molar-refractivity contribution in [3.63, 3.8) is 0 Å². The summed E-state index contributed by atoms with van der Waals surface area (Å²) >= 11 is 0. The third-order valence-corrected chi connectivity index (χ3v) is 7.14. The number of nitrogens with one attached hydrogen (secondary N) is 1. The van der Waals surface area contributed by atoms with Gasteiger partial charge in [-0.15, -0.1) is 0 Å². The Labute approximate surface area is 197 Å². The van der Waals surface area contributed by atoms with Crippen molar-refractivity contribution in [2.75, 3.05) is 13.2 Å². The Hall–Kier alpha value is -2.29. The van der Waals surface area contributed by atoms with Crippen molar-refractivity contribution in [2.45, 2.75) is 70.9 Å². The molecule has 33 heavy (non-hydrogen) atoms. The van der Waals surface area contributed by atoms with Gasteiger partial charge in [0.15, 0.2) is 0 Å². The average Bonchev–Trinajstić information content (AvgIpc) is 3.08. The van der Waals surface area contributed by atoms with E-state index < -0.39 is 10.0 Å². The van der Waals surface area contributed by atoms with Crippen molar-refractivity contribution in [3.8, 4) is 0 Å². The van der Waals surface area contributed by atoms with Crippen LogP contribution in [0.15, 0.2) is 47.6 Å². The van der Waals surface area contributed by atoms with Crippen molar-refractivity contribution in [1.82, 2.24) is 19.3 Å². The zero-order valence-electron chi connectivity index (χ0n) is 20.1. The van der Waals surface area contributed by atoms with Crippen LogP contribution in [-0.4, -0.2) is 42.2 Å². The first kappa shape index (κ1) is 25.3. The number of aryl methyl sites for hydroxylation is 1. The first-order chi connectivity index (χ1) is 15.8. The van der Waals surface area contributed by atoms with E-state index in [1.165, 1.54) is 0 Å². The molecule has 180 valence electrons. The van der Waals surface area contributed by atoms with Crippen LogP contribution in [0.2, 0.25) is 0 Å². The van der Waals surface area contributed by atoms with Crippen LogP contribution in [-0.2, 0) is 21.3 Å². The summed E-state index contributed by atoms with van der Waals surface area (Å²) < 4.78 is 36.8. The van der Waals surface area contributed by atoms with Gasteiger partial charge in [0.1, 0.15) is 11.3 Å². The summed E-state index contributed by atoms with van der Waals surface area (Å²) in [7, 11) is -3.63. The number of aromatic nitrogens is 3. The second-order valence-corrected chi connectivity index (χ2v) is 10.7. The summed E-state index contributed by atoms with van der Waals surface area (Å²) in [4.78, 5) is 8.94. The van der Waals surface area contributed by atoms with E-state index in [1.807, 2.05) is 25.1 Å². The Morgan fingerprint density at radius 2 is 1.88 bits per heavy atom. The van der Waals surface area contributed by atoms with Crippen LogP contribution in [0.5, 0.6) is 0 Å². The highest BCUT2D eigenvalue weighted by Gasteiger charge is 2.21. The van der Waals surface area contributed by atoms with E-state index in [9.17, 15) is 8.42 Å². The van der Waals surface area contributed by atoms with Gasteiger partial charge in [-0.25, -0.2) is 18.1 Å². The highest BCUT2D eigenvalue weighted by Crippen LogP contribution is 2.18. The highest BCUT2D eigenvalue weighted by atomic mass is 32.2. The lowest BCUT2D eigenvalue weighted by Crippen LogP contribution is -2.39. The van der Waals surface area contributed by atoms with E-state index in [2.05, 4.69) is 40.0 Å². The third kappa shape index (κ3) is 7.09. The molecule has 1 N–H and O–H groups in total. The Morgan fingerprint density at radius 3 is 2.58 bits per heavy atom. The van der Waals surface area contributed by atoms with Crippen LogP contribution < -0.4 is 4.72 Å². The van der Waals surface area contributed by atoms with Crippen molar-refractivity contribution < 1.29 is 13.2 Å². The number of nitrogens with zero attached hydrogens (tertiary/aromatic N) is 3. The summed E-state index contributed by atoms with van der Waals surface area (Å²) in [5.74, 6) is 1.26. The molecule has 0 radical (unpaired) electrons. The molecule has 0 spiro atoms. The van der Waals surface area contributed by atoms with Gasteiger partial charge < -0.3 is 9.30 Å². The molecule has 1 atom stereocenters. The third-order valence-electron chi connectivity index (χ3n) is 5.60. The Morgan fingerprint density at radius 1 is 1.12 bits per heavy atom. The Kier molecular flexibility index (Phi) is 9.00. The zero-order chi connectivity index (χ0) is 23.8. The topological polar surface area (TPSA) is 86.1 Å². The first-order valence-corrected chi connectivity index (χ1v) is 13.2. The molecule has 7 nitrogen and oxygen atoms in total. The van der Waals surface area contributed by atoms with Gasteiger partial charge in [0, 0.05) is 25.4 Å². The number of ether oxygens (including phenoxy) is 1. The van der Waals surface area contributed by atoms with E-state index >= 15 is 0 Å². The molecule has 2 aromatic heterocycles. The molecule has 0 fully saturated rings. The number of unbranched alkanes of at least 4 members (excludes halogenated alkanes) is 2. The summed E-state index contributed by atoms with van der Waals surface area (Å²) in [5.41, 5.74) is 2.87. The molecule has 0 aliphatic heterocycles. The van der Waals surface area contributed by atoms with Crippen LogP contribution in [0.25, 0.3) is 11.0 Å². The van der Waals surface area contributed by atoms with Gasteiger partial charge in [-0.1, -0.05) is 45.7 Å². The molecule has 0 amide bonds. The van der Waals surface area contributed by atoms with Gasteiger partial charge in [0.05, 0.1) is 23.2 Å². The predicted octanol–water partition coefficient (Wildman–Crippen LogP) is 4.69. The SMILES string of the molecule is CCCCCOC[C@H](CC(C)C)NS(=O)(=O)c1ccc(Cn2c(C)nc3cnccc32)cc1. The van der Waals surface area contributed by atoms with Crippen LogP contribution in [0, 0.1) is 12.8 Å². The van der Waals surface area contributed by atoms with Crippen molar-refractivity contribution in [2.24, 2.45) is 5.92 Å². The quantitative estimate of drug-likeness (QED) is 0.365. The summed E-state index contributed by atoms with van der Waals surface area (Å²) in [5, 5.41) is 0. The number of hydrogen-bond donors (Lipinski definition) is 1.